The summed E-state index contributed by atoms with van der Waals surface area (Å²) < 4.78 is 10.0. The largest absolute Gasteiger partial charge is 0.480 e. The van der Waals surface area contributed by atoms with Crippen molar-refractivity contribution in [2.24, 2.45) is 0 Å². The van der Waals surface area contributed by atoms with E-state index in [4.69, 9.17) is 21.1 Å². The minimum atomic E-state index is -0.553. The van der Waals surface area contributed by atoms with Gasteiger partial charge in [-0.2, -0.15) is 0 Å². The summed E-state index contributed by atoms with van der Waals surface area (Å²) in [5, 5.41) is 4.06. The number of methoxy groups -OCH3 is 2. The van der Waals surface area contributed by atoms with Crippen molar-refractivity contribution in [3.63, 3.8) is 0 Å². The minimum absolute atomic E-state index is 0.109. The first kappa shape index (κ1) is 20.6. The van der Waals surface area contributed by atoms with Gasteiger partial charge < -0.3 is 14.8 Å². The fourth-order valence-electron chi connectivity index (χ4n) is 3.08. The van der Waals surface area contributed by atoms with E-state index >= 15 is 0 Å². The van der Waals surface area contributed by atoms with Crippen LogP contribution in [0.2, 0.25) is 5.02 Å². The molecule has 0 unspecified atom stereocenters. The third-order valence-electron chi connectivity index (χ3n) is 4.67. The molecule has 0 bridgehead atoms. The van der Waals surface area contributed by atoms with Crippen LogP contribution in [0.1, 0.15) is 34.3 Å². The summed E-state index contributed by atoms with van der Waals surface area (Å²) in [7, 11) is 2.72. The quantitative estimate of drug-likeness (QED) is 0.616. The first-order valence-corrected chi connectivity index (χ1v) is 9.40. The zero-order valence-electron chi connectivity index (χ0n) is 16.4. The van der Waals surface area contributed by atoms with Crippen LogP contribution < -0.4 is 10.1 Å². The van der Waals surface area contributed by atoms with Gasteiger partial charge in [0.15, 0.2) is 0 Å². The average Bonchev–Trinajstić information content (AvgIpc) is 2.75. The van der Waals surface area contributed by atoms with Crippen LogP contribution in [0.25, 0.3) is 10.9 Å². The minimum Gasteiger partial charge on any atom is -0.480 e. The van der Waals surface area contributed by atoms with Crippen molar-refractivity contribution >= 4 is 34.4 Å². The Morgan fingerprint density at radius 3 is 2.52 bits per heavy atom. The highest BCUT2D eigenvalue weighted by molar-refractivity contribution is 6.31. The van der Waals surface area contributed by atoms with E-state index in [1.165, 1.54) is 14.2 Å². The van der Waals surface area contributed by atoms with Crippen molar-refractivity contribution in [2.45, 2.75) is 19.4 Å². The fraction of sp³-hybridized carbons (Fsp3) is 0.227. The first-order valence-electron chi connectivity index (χ1n) is 9.02. The van der Waals surface area contributed by atoms with Crippen molar-refractivity contribution < 1.29 is 19.1 Å². The van der Waals surface area contributed by atoms with Gasteiger partial charge in [0.05, 0.1) is 25.7 Å². The zero-order chi connectivity index (χ0) is 21.0. The number of esters is 1. The molecule has 2 aromatic carbocycles. The molecule has 0 fully saturated rings. The Kier molecular flexibility index (Phi) is 6.34. The van der Waals surface area contributed by atoms with E-state index in [1.54, 1.807) is 18.2 Å². The van der Waals surface area contributed by atoms with E-state index in [1.807, 2.05) is 37.3 Å². The van der Waals surface area contributed by atoms with Gasteiger partial charge in [-0.25, -0.2) is 9.78 Å². The molecular formula is C22H21ClN2O4. The number of benzene rings is 2. The van der Waals surface area contributed by atoms with E-state index in [2.05, 4.69) is 10.3 Å². The number of nitrogens with zero attached hydrogens (tertiary/aromatic N) is 1. The van der Waals surface area contributed by atoms with Crippen LogP contribution in [0.4, 0.5) is 0 Å². The molecule has 29 heavy (non-hydrogen) atoms. The zero-order valence-corrected chi connectivity index (χ0v) is 17.1. The van der Waals surface area contributed by atoms with Crippen LogP contribution in [0.15, 0.2) is 48.5 Å². The molecule has 1 heterocycles. The smallest absolute Gasteiger partial charge is 0.343 e. The number of ether oxygens (including phenoxy) is 2. The van der Waals surface area contributed by atoms with Crippen LogP contribution in [0.5, 0.6) is 5.88 Å². The molecule has 0 radical (unpaired) electrons. The third-order valence-corrected chi connectivity index (χ3v) is 4.89. The van der Waals surface area contributed by atoms with Gasteiger partial charge >= 0.3 is 5.97 Å². The lowest BCUT2D eigenvalue weighted by molar-refractivity contribution is -0.122. The van der Waals surface area contributed by atoms with Gasteiger partial charge in [0.25, 0.3) is 0 Å². The summed E-state index contributed by atoms with van der Waals surface area (Å²) in [4.78, 5) is 29.0. The molecule has 7 heteroatoms. The summed E-state index contributed by atoms with van der Waals surface area (Å²) in [6, 6.07) is 14.6. The predicted octanol–water partition coefficient (Wildman–Crippen LogP) is 4.10. The third kappa shape index (κ3) is 4.49. The maximum Gasteiger partial charge on any atom is 0.343 e. The van der Waals surface area contributed by atoms with Crippen molar-refractivity contribution in [1.29, 1.82) is 0 Å². The lowest BCUT2D eigenvalue weighted by Gasteiger charge is -2.15. The topological polar surface area (TPSA) is 77.5 Å². The molecular weight excluding hydrogens is 392 g/mol. The maximum absolute atomic E-state index is 12.6. The van der Waals surface area contributed by atoms with E-state index in [-0.39, 0.29) is 29.8 Å². The standard InChI is InChI=1S/C22H21ClN2O4/c1-13(14-7-5-4-6-8-14)20(26)24-12-16-10-17(23)9-15-11-18(22(27)29-3)21(28-2)25-19(15)16/h4-11,13H,12H2,1-3H3,(H,24,26)/t13-/m1/s1. The lowest BCUT2D eigenvalue weighted by Crippen LogP contribution is -2.27. The number of hydrogen-bond donors (Lipinski definition) is 1. The highest BCUT2D eigenvalue weighted by Crippen LogP contribution is 2.28. The number of amides is 1. The second-order valence-corrected chi connectivity index (χ2v) is 6.96. The normalized spacial score (nSPS) is 11.7. The van der Waals surface area contributed by atoms with Crippen LogP contribution >= 0.6 is 11.6 Å². The summed E-state index contributed by atoms with van der Waals surface area (Å²) in [5.74, 6) is -0.808. The van der Waals surface area contributed by atoms with Gasteiger partial charge in [-0.15, -0.1) is 0 Å². The molecule has 6 nitrogen and oxygen atoms in total. The number of carbonyl (C=O) groups is 2. The molecule has 0 saturated heterocycles. The van der Waals surface area contributed by atoms with Gasteiger partial charge in [-0.1, -0.05) is 41.9 Å². The molecule has 0 saturated carbocycles. The van der Waals surface area contributed by atoms with Gasteiger partial charge in [0.1, 0.15) is 5.56 Å². The lowest BCUT2D eigenvalue weighted by atomic mass is 10.0. The van der Waals surface area contributed by atoms with Crippen molar-refractivity contribution in [3.05, 3.63) is 70.2 Å². The molecule has 0 aliphatic carbocycles. The number of aromatic nitrogens is 1. The fourth-order valence-corrected chi connectivity index (χ4v) is 3.33. The summed E-state index contributed by atoms with van der Waals surface area (Å²) in [6.07, 6.45) is 0. The Hall–Kier alpha value is -3.12. The van der Waals surface area contributed by atoms with Gasteiger partial charge in [0, 0.05) is 17.0 Å². The molecule has 150 valence electrons. The predicted molar refractivity (Wildman–Crippen MR) is 111 cm³/mol. The highest BCUT2D eigenvalue weighted by atomic mass is 35.5. The Labute approximate surface area is 173 Å². The Morgan fingerprint density at radius 2 is 1.86 bits per heavy atom. The number of halogens is 1. The van der Waals surface area contributed by atoms with Crippen molar-refractivity contribution in [3.8, 4) is 5.88 Å². The second-order valence-electron chi connectivity index (χ2n) is 6.52. The van der Waals surface area contributed by atoms with E-state index in [9.17, 15) is 9.59 Å². The number of hydrogen-bond acceptors (Lipinski definition) is 5. The number of pyridine rings is 1. The van der Waals surface area contributed by atoms with E-state index in [0.717, 1.165) is 11.1 Å². The average molecular weight is 413 g/mol. The van der Waals surface area contributed by atoms with Crippen LogP contribution in [0, 0.1) is 0 Å². The highest BCUT2D eigenvalue weighted by Gasteiger charge is 2.19. The van der Waals surface area contributed by atoms with E-state index < -0.39 is 5.97 Å². The molecule has 0 aliphatic rings. The van der Waals surface area contributed by atoms with Crippen LogP contribution in [-0.4, -0.2) is 31.1 Å². The Bertz CT molecular complexity index is 1050. The van der Waals surface area contributed by atoms with Crippen molar-refractivity contribution in [1.82, 2.24) is 10.3 Å². The Balaban J connectivity index is 1.91. The maximum atomic E-state index is 12.6. The SMILES string of the molecule is COC(=O)c1cc2cc(Cl)cc(CNC(=O)[C@H](C)c3ccccc3)c2nc1OC. The number of carbonyl (C=O) groups excluding carboxylic acids is 2. The monoisotopic (exact) mass is 412 g/mol. The molecule has 1 amide bonds. The second kappa shape index (κ2) is 8.92. The molecule has 0 spiro atoms. The van der Waals surface area contributed by atoms with Gasteiger partial charge in [-0.3, -0.25) is 4.79 Å². The van der Waals surface area contributed by atoms with Gasteiger partial charge in [0.2, 0.25) is 11.8 Å². The number of fused-ring (bicyclic) bond motifs is 1. The van der Waals surface area contributed by atoms with Crippen LogP contribution in [-0.2, 0) is 16.1 Å². The molecule has 3 aromatic rings. The molecule has 3 rings (SSSR count). The summed E-state index contributed by atoms with van der Waals surface area (Å²) in [5.41, 5.74) is 2.45. The Morgan fingerprint density at radius 1 is 1.14 bits per heavy atom. The summed E-state index contributed by atoms with van der Waals surface area (Å²) in [6.45, 7) is 2.09. The summed E-state index contributed by atoms with van der Waals surface area (Å²) >= 11 is 6.25. The number of nitrogens with one attached hydrogen (secondary N) is 1. The molecule has 1 aromatic heterocycles. The molecule has 1 atom stereocenters. The van der Waals surface area contributed by atoms with Crippen LogP contribution in [0.3, 0.4) is 0 Å². The first-order chi connectivity index (χ1) is 13.9. The van der Waals surface area contributed by atoms with Gasteiger partial charge in [-0.05, 0) is 36.2 Å². The molecule has 1 N–H and O–H groups in total. The van der Waals surface area contributed by atoms with E-state index in [0.29, 0.717) is 15.9 Å². The van der Waals surface area contributed by atoms with Crippen molar-refractivity contribution in [2.75, 3.05) is 14.2 Å². The number of rotatable bonds is 6. The molecule has 0 aliphatic heterocycles.